The number of nitriles is 1. The first-order valence-electron chi connectivity index (χ1n) is 5.03. The number of hydrogen-bond donors (Lipinski definition) is 1. The minimum atomic E-state index is 0. The van der Waals surface area contributed by atoms with Crippen molar-refractivity contribution in [1.82, 2.24) is 0 Å². The van der Waals surface area contributed by atoms with E-state index in [1.54, 1.807) is 0 Å². The van der Waals surface area contributed by atoms with Crippen LogP contribution in [-0.4, -0.2) is 6.04 Å². The van der Waals surface area contributed by atoms with Gasteiger partial charge in [0.15, 0.2) is 0 Å². The van der Waals surface area contributed by atoms with E-state index in [0.717, 1.165) is 12.1 Å². The molecule has 0 aromatic heterocycles. The van der Waals surface area contributed by atoms with Gasteiger partial charge in [-0.1, -0.05) is 19.4 Å². The van der Waals surface area contributed by atoms with Gasteiger partial charge >= 0.3 is 0 Å². The van der Waals surface area contributed by atoms with Crippen LogP contribution in [0.15, 0.2) is 24.3 Å². The molecule has 1 aromatic carbocycles. The highest BCUT2D eigenvalue weighted by Gasteiger charge is 2.00. The van der Waals surface area contributed by atoms with Crippen molar-refractivity contribution in [2.75, 3.05) is 5.32 Å². The summed E-state index contributed by atoms with van der Waals surface area (Å²) >= 11 is 0. The molecule has 0 aliphatic rings. The van der Waals surface area contributed by atoms with Gasteiger partial charge in [-0.2, -0.15) is 5.26 Å². The molecule has 0 aliphatic heterocycles. The van der Waals surface area contributed by atoms with Gasteiger partial charge in [0.25, 0.3) is 0 Å². The Morgan fingerprint density at radius 2 is 2.20 bits per heavy atom. The molecule has 0 radical (unpaired) electrons. The van der Waals surface area contributed by atoms with E-state index in [9.17, 15) is 0 Å². The lowest BCUT2D eigenvalue weighted by molar-refractivity contribution is 0.690. The van der Waals surface area contributed by atoms with Crippen LogP contribution in [0.4, 0.5) is 5.69 Å². The maximum Gasteiger partial charge on any atom is 0.0992 e. The molecule has 0 amide bonds. The zero-order valence-corrected chi connectivity index (χ0v) is 9.97. The Kier molecular flexibility index (Phi) is 6.57. The Morgan fingerprint density at radius 3 is 2.80 bits per heavy atom. The number of anilines is 1. The zero-order chi connectivity index (χ0) is 10.4. The Morgan fingerprint density at radius 1 is 1.47 bits per heavy atom. The van der Waals surface area contributed by atoms with E-state index < -0.39 is 0 Å². The van der Waals surface area contributed by atoms with Crippen LogP contribution >= 0.6 is 12.4 Å². The van der Waals surface area contributed by atoms with Gasteiger partial charge < -0.3 is 5.32 Å². The van der Waals surface area contributed by atoms with Gasteiger partial charge in [-0.25, -0.2) is 0 Å². The van der Waals surface area contributed by atoms with Crippen molar-refractivity contribution in [2.24, 2.45) is 0 Å². The van der Waals surface area contributed by atoms with Crippen molar-refractivity contribution >= 4 is 18.1 Å². The summed E-state index contributed by atoms with van der Waals surface area (Å²) in [5.74, 6) is 0. The number of halogens is 1. The van der Waals surface area contributed by atoms with Crippen molar-refractivity contribution in [3.8, 4) is 6.07 Å². The lowest BCUT2D eigenvalue weighted by Gasteiger charge is -2.13. The monoisotopic (exact) mass is 224 g/mol. The third-order valence-electron chi connectivity index (χ3n) is 2.13. The van der Waals surface area contributed by atoms with Crippen molar-refractivity contribution in [3.05, 3.63) is 29.8 Å². The van der Waals surface area contributed by atoms with Gasteiger partial charge in [0, 0.05) is 11.7 Å². The molecule has 15 heavy (non-hydrogen) atoms. The van der Waals surface area contributed by atoms with Gasteiger partial charge in [0.1, 0.15) is 0 Å². The molecule has 3 heteroatoms. The third kappa shape index (κ3) is 4.71. The van der Waals surface area contributed by atoms with Gasteiger partial charge in [-0.05, 0) is 31.5 Å². The fraction of sp³-hybridized carbons (Fsp3) is 0.417. The van der Waals surface area contributed by atoms with E-state index in [2.05, 4.69) is 25.2 Å². The van der Waals surface area contributed by atoms with Crippen LogP contribution < -0.4 is 5.32 Å². The molecule has 0 fully saturated rings. The molecule has 2 nitrogen and oxygen atoms in total. The predicted molar refractivity (Wildman–Crippen MR) is 66.4 cm³/mol. The number of hydrogen-bond acceptors (Lipinski definition) is 2. The van der Waals surface area contributed by atoms with E-state index in [-0.39, 0.29) is 12.4 Å². The molecule has 1 aromatic rings. The maximum atomic E-state index is 8.72. The summed E-state index contributed by atoms with van der Waals surface area (Å²) < 4.78 is 0. The van der Waals surface area contributed by atoms with E-state index in [4.69, 9.17) is 5.26 Å². The number of benzene rings is 1. The van der Waals surface area contributed by atoms with Crippen LogP contribution in [0.5, 0.6) is 0 Å². The van der Waals surface area contributed by atoms with Gasteiger partial charge in [-0.3, -0.25) is 0 Å². The van der Waals surface area contributed by atoms with E-state index in [1.165, 1.54) is 6.42 Å². The van der Waals surface area contributed by atoms with Crippen molar-refractivity contribution in [1.29, 1.82) is 5.26 Å². The average molecular weight is 225 g/mol. The van der Waals surface area contributed by atoms with Gasteiger partial charge in [0.2, 0.25) is 0 Å². The SMILES string of the molecule is CCCC(C)Nc1cccc(C#N)c1.Cl. The van der Waals surface area contributed by atoms with Crippen LogP contribution in [0.3, 0.4) is 0 Å². The molecule has 0 saturated carbocycles. The minimum Gasteiger partial charge on any atom is -0.383 e. The quantitative estimate of drug-likeness (QED) is 0.849. The summed E-state index contributed by atoms with van der Waals surface area (Å²) in [4.78, 5) is 0. The van der Waals surface area contributed by atoms with E-state index in [0.29, 0.717) is 11.6 Å². The molecule has 0 heterocycles. The van der Waals surface area contributed by atoms with Crippen molar-refractivity contribution < 1.29 is 0 Å². The fourth-order valence-electron chi connectivity index (χ4n) is 1.47. The summed E-state index contributed by atoms with van der Waals surface area (Å²) in [5, 5.41) is 12.1. The first kappa shape index (κ1) is 13.8. The second kappa shape index (κ2) is 7.14. The maximum absolute atomic E-state index is 8.72. The molecule has 0 saturated heterocycles. The third-order valence-corrected chi connectivity index (χ3v) is 2.13. The molecule has 0 spiro atoms. The van der Waals surface area contributed by atoms with E-state index >= 15 is 0 Å². The van der Waals surface area contributed by atoms with Crippen molar-refractivity contribution in [2.45, 2.75) is 32.7 Å². The number of nitrogens with one attached hydrogen (secondary N) is 1. The van der Waals surface area contributed by atoms with E-state index in [1.807, 2.05) is 24.3 Å². The summed E-state index contributed by atoms with van der Waals surface area (Å²) in [5.41, 5.74) is 1.74. The summed E-state index contributed by atoms with van der Waals surface area (Å²) in [6.45, 7) is 4.33. The standard InChI is InChI=1S/C12H16N2.ClH/c1-3-5-10(2)14-12-7-4-6-11(8-12)9-13;/h4,6-8,10,14H,3,5H2,1-2H3;1H. The second-order valence-corrected chi connectivity index (χ2v) is 3.53. The van der Waals surface area contributed by atoms with Crippen LogP contribution in [0.1, 0.15) is 32.3 Å². The highest BCUT2D eigenvalue weighted by Crippen LogP contribution is 2.12. The van der Waals surface area contributed by atoms with Gasteiger partial charge in [0.05, 0.1) is 11.6 Å². The molecule has 1 N–H and O–H groups in total. The average Bonchev–Trinajstić information content (AvgIpc) is 2.18. The van der Waals surface area contributed by atoms with Gasteiger partial charge in [-0.15, -0.1) is 12.4 Å². The summed E-state index contributed by atoms with van der Waals surface area (Å²) in [6.07, 6.45) is 2.32. The summed E-state index contributed by atoms with van der Waals surface area (Å²) in [7, 11) is 0. The molecular weight excluding hydrogens is 208 g/mol. The molecule has 0 bridgehead atoms. The largest absolute Gasteiger partial charge is 0.383 e. The summed E-state index contributed by atoms with van der Waals surface area (Å²) in [6, 6.07) is 10.2. The Bertz CT molecular complexity index is 331. The molecule has 1 rings (SSSR count). The van der Waals surface area contributed by atoms with Crippen molar-refractivity contribution in [3.63, 3.8) is 0 Å². The molecule has 1 atom stereocenters. The minimum absolute atomic E-state index is 0. The van der Waals surface area contributed by atoms with Crippen LogP contribution in [0.2, 0.25) is 0 Å². The molecule has 0 aliphatic carbocycles. The highest BCUT2D eigenvalue weighted by atomic mass is 35.5. The fourth-order valence-corrected chi connectivity index (χ4v) is 1.47. The Balaban J connectivity index is 0.00000196. The molecule has 1 unspecified atom stereocenters. The van der Waals surface area contributed by atoms with Crippen LogP contribution in [0.25, 0.3) is 0 Å². The first-order chi connectivity index (χ1) is 6.76. The lowest BCUT2D eigenvalue weighted by atomic mass is 10.1. The predicted octanol–water partition coefficient (Wildman–Crippen LogP) is 3.58. The normalized spacial score (nSPS) is 11.0. The Labute approximate surface area is 97.7 Å². The first-order valence-corrected chi connectivity index (χ1v) is 5.03. The lowest BCUT2D eigenvalue weighted by Crippen LogP contribution is -2.14. The Hall–Kier alpha value is -1.20. The zero-order valence-electron chi connectivity index (χ0n) is 9.16. The highest BCUT2D eigenvalue weighted by molar-refractivity contribution is 5.85. The van der Waals surface area contributed by atoms with Crippen LogP contribution in [0, 0.1) is 11.3 Å². The molecular formula is C12H17ClN2. The second-order valence-electron chi connectivity index (χ2n) is 3.53. The van der Waals surface area contributed by atoms with Crippen LogP contribution in [-0.2, 0) is 0 Å². The number of rotatable bonds is 4. The number of nitrogens with zero attached hydrogens (tertiary/aromatic N) is 1. The molecule has 82 valence electrons. The topological polar surface area (TPSA) is 35.8 Å². The smallest absolute Gasteiger partial charge is 0.0992 e.